The van der Waals surface area contributed by atoms with Gasteiger partial charge < -0.3 is 14.5 Å². The van der Waals surface area contributed by atoms with Crippen LogP contribution in [0.25, 0.3) is 0 Å². The van der Waals surface area contributed by atoms with Crippen molar-refractivity contribution in [2.24, 2.45) is 5.41 Å². The third-order valence-corrected chi connectivity index (χ3v) is 4.09. The normalized spacial score (nSPS) is 14.6. The van der Waals surface area contributed by atoms with E-state index in [2.05, 4.69) is 6.92 Å². The first-order chi connectivity index (χ1) is 9.77. The van der Waals surface area contributed by atoms with Crippen LogP contribution in [0.5, 0.6) is 0 Å². The Labute approximate surface area is 158 Å². The van der Waals surface area contributed by atoms with Crippen LogP contribution in [-0.2, 0) is 14.3 Å². The molecular formula is C20H46N2O3. The van der Waals surface area contributed by atoms with Crippen LogP contribution in [0.4, 0.5) is 0 Å². The number of amides is 1. The molecule has 1 saturated heterocycles. The van der Waals surface area contributed by atoms with E-state index in [-0.39, 0.29) is 47.6 Å². The van der Waals surface area contributed by atoms with Gasteiger partial charge >= 0.3 is 5.97 Å². The molecule has 1 aliphatic heterocycles. The number of ether oxygens (including phenoxy) is 1. The number of carbonyl (C=O) groups is 2. The van der Waals surface area contributed by atoms with Crippen molar-refractivity contribution < 1.29 is 14.3 Å². The Bertz CT molecular complexity index is 368. The zero-order valence-corrected chi connectivity index (χ0v) is 14.1. The summed E-state index contributed by atoms with van der Waals surface area (Å²) in [6.45, 7) is 7.85. The van der Waals surface area contributed by atoms with Crippen molar-refractivity contribution in [3.05, 3.63) is 0 Å². The van der Waals surface area contributed by atoms with Gasteiger partial charge in [0.15, 0.2) is 0 Å². The minimum Gasteiger partial charge on any atom is -0.464 e. The third kappa shape index (κ3) is 9.83. The summed E-state index contributed by atoms with van der Waals surface area (Å²) >= 11 is 0. The van der Waals surface area contributed by atoms with Gasteiger partial charge in [-0.1, -0.05) is 36.6 Å². The Kier molecular flexibility index (Phi) is 17.9. The average Bonchev–Trinajstić information content (AvgIpc) is 2.81. The lowest BCUT2D eigenvalue weighted by Gasteiger charge is -2.33. The van der Waals surface area contributed by atoms with Gasteiger partial charge in [-0.2, -0.15) is 0 Å². The highest BCUT2D eigenvalue weighted by atomic mass is 16.5. The smallest absolute Gasteiger partial charge is 0.311 e. The van der Waals surface area contributed by atoms with E-state index in [0.717, 1.165) is 25.9 Å². The number of likely N-dealkylation sites (N-methyl/N-ethyl adjacent to an activating group) is 1. The second-order valence-corrected chi connectivity index (χ2v) is 6.78. The SMILES string of the molecule is C.C.C.C.CCC(CC(C)(C)C(=O)OCCN(C)C)N1CCCC1=O. The van der Waals surface area contributed by atoms with Gasteiger partial charge in [-0.05, 0) is 47.2 Å². The van der Waals surface area contributed by atoms with Crippen LogP contribution in [0.1, 0.15) is 76.2 Å². The predicted octanol–water partition coefficient (Wildman–Crippen LogP) is 4.45. The number of likely N-dealkylation sites (tertiary alicyclic amines) is 1. The first-order valence-corrected chi connectivity index (χ1v) is 7.89. The zero-order valence-electron chi connectivity index (χ0n) is 14.1. The molecular weight excluding hydrogens is 316 g/mol. The maximum Gasteiger partial charge on any atom is 0.311 e. The second kappa shape index (κ2) is 14.1. The van der Waals surface area contributed by atoms with Crippen molar-refractivity contribution in [3.63, 3.8) is 0 Å². The van der Waals surface area contributed by atoms with Crippen molar-refractivity contribution in [2.75, 3.05) is 33.8 Å². The molecule has 1 fully saturated rings. The summed E-state index contributed by atoms with van der Waals surface area (Å²) in [7, 11) is 3.90. The number of rotatable bonds is 8. The Morgan fingerprint density at radius 1 is 1.24 bits per heavy atom. The number of hydrogen-bond acceptors (Lipinski definition) is 4. The number of hydrogen-bond donors (Lipinski definition) is 0. The van der Waals surface area contributed by atoms with E-state index in [4.69, 9.17) is 4.74 Å². The largest absolute Gasteiger partial charge is 0.464 e. The van der Waals surface area contributed by atoms with E-state index < -0.39 is 5.41 Å². The van der Waals surface area contributed by atoms with Crippen molar-refractivity contribution >= 4 is 11.9 Å². The summed E-state index contributed by atoms with van der Waals surface area (Å²) in [6.07, 6.45) is 3.11. The Morgan fingerprint density at radius 2 is 1.80 bits per heavy atom. The fourth-order valence-corrected chi connectivity index (χ4v) is 2.72. The van der Waals surface area contributed by atoms with Gasteiger partial charge in [-0.25, -0.2) is 0 Å². The molecule has 154 valence electrons. The lowest BCUT2D eigenvalue weighted by Crippen LogP contribution is -2.41. The molecule has 1 unspecified atom stereocenters. The lowest BCUT2D eigenvalue weighted by atomic mass is 9.84. The van der Waals surface area contributed by atoms with Crippen LogP contribution >= 0.6 is 0 Å². The van der Waals surface area contributed by atoms with Crippen molar-refractivity contribution in [1.82, 2.24) is 9.80 Å². The van der Waals surface area contributed by atoms with Gasteiger partial charge in [0.25, 0.3) is 0 Å². The summed E-state index contributed by atoms with van der Waals surface area (Å²) in [6, 6.07) is 0.136. The molecule has 1 heterocycles. The van der Waals surface area contributed by atoms with E-state index in [1.54, 1.807) is 0 Å². The number of nitrogens with zero attached hydrogens (tertiary/aromatic N) is 2. The number of esters is 1. The molecule has 0 spiro atoms. The topological polar surface area (TPSA) is 49.9 Å². The van der Waals surface area contributed by atoms with Crippen LogP contribution in [-0.4, -0.2) is 61.5 Å². The minimum atomic E-state index is -0.560. The highest BCUT2D eigenvalue weighted by Gasteiger charge is 2.36. The molecule has 0 aromatic rings. The van der Waals surface area contributed by atoms with Gasteiger partial charge in [0.1, 0.15) is 6.61 Å². The Hall–Kier alpha value is -1.10. The molecule has 1 amide bonds. The van der Waals surface area contributed by atoms with Crippen LogP contribution in [0.3, 0.4) is 0 Å². The quantitative estimate of drug-likeness (QED) is 0.598. The monoisotopic (exact) mass is 362 g/mol. The predicted molar refractivity (Wildman–Crippen MR) is 110 cm³/mol. The fraction of sp³-hybridized carbons (Fsp3) is 0.900. The number of carbonyl (C=O) groups excluding carboxylic acids is 2. The zero-order chi connectivity index (χ0) is 16.0. The van der Waals surface area contributed by atoms with Crippen molar-refractivity contribution in [2.45, 2.75) is 82.2 Å². The minimum absolute atomic E-state index is 0. The second-order valence-electron chi connectivity index (χ2n) is 6.78. The molecule has 1 atom stereocenters. The lowest BCUT2D eigenvalue weighted by molar-refractivity contribution is -0.156. The van der Waals surface area contributed by atoms with Gasteiger partial charge in [-0.3, -0.25) is 9.59 Å². The van der Waals surface area contributed by atoms with E-state index in [1.165, 1.54) is 0 Å². The van der Waals surface area contributed by atoms with E-state index in [9.17, 15) is 9.59 Å². The van der Waals surface area contributed by atoms with Crippen LogP contribution in [0, 0.1) is 5.41 Å². The molecule has 1 rings (SSSR count). The first-order valence-electron chi connectivity index (χ1n) is 7.89. The first kappa shape index (κ1) is 31.6. The maximum absolute atomic E-state index is 12.2. The van der Waals surface area contributed by atoms with Gasteiger partial charge in [-0.15, -0.1) is 0 Å². The van der Waals surface area contributed by atoms with E-state index in [1.807, 2.05) is 37.7 Å². The van der Waals surface area contributed by atoms with Gasteiger partial charge in [0, 0.05) is 25.6 Å². The van der Waals surface area contributed by atoms with Crippen LogP contribution in [0.2, 0.25) is 0 Å². The molecule has 0 aliphatic carbocycles. The van der Waals surface area contributed by atoms with Crippen molar-refractivity contribution in [3.8, 4) is 0 Å². The fourth-order valence-electron chi connectivity index (χ4n) is 2.72. The van der Waals surface area contributed by atoms with E-state index in [0.29, 0.717) is 19.4 Å². The Morgan fingerprint density at radius 3 is 2.20 bits per heavy atom. The Balaban J connectivity index is -0.000000551. The summed E-state index contributed by atoms with van der Waals surface area (Å²) in [4.78, 5) is 28.1. The van der Waals surface area contributed by atoms with Crippen LogP contribution in [0.15, 0.2) is 0 Å². The van der Waals surface area contributed by atoms with Crippen LogP contribution < -0.4 is 0 Å². The molecule has 0 saturated carbocycles. The van der Waals surface area contributed by atoms with Gasteiger partial charge in [0.05, 0.1) is 5.41 Å². The molecule has 0 radical (unpaired) electrons. The third-order valence-electron chi connectivity index (χ3n) is 4.09. The molecule has 5 heteroatoms. The van der Waals surface area contributed by atoms with Gasteiger partial charge in [0.2, 0.25) is 5.91 Å². The van der Waals surface area contributed by atoms with E-state index >= 15 is 0 Å². The summed E-state index contributed by atoms with van der Waals surface area (Å²) in [5.41, 5.74) is -0.560. The molecule has 0 aromatic carbocycles. The standard InChI is InChI=1S/C16H30N2O3.4CH4/c1-6-13(18-9-7-8-14(18)19)12-16(2,3)15(20)21-11-10-17(4)5;;;;/h13H,6-12H2,1-5H3;4*1H4. The maximum atomic E-state index is 12.2. The molecule has 5 nitrogen and oxygen atoms in total. The molecule has 0 bridgehead atoms. The molecule has 0 aromatic heterocycles. The molecule has 25 heavy (non-hydrogen) atoms. The van der Waals surface area contributed by atoms with Crippen molar-refractivity contribution in [1.29, 1.82) is 0 Å². The average molecular weight is 363 g/mol. The molecule has 1 aliphatic rings. The highest BCUT2D eigenvalue weighted by molar-refractivity contribution is 5.79. The summed E-state index contributed by atoms with van der Waals surface area (Å²) in [5, 5.41) is 0. The summed E-state index contributed by atoms with van der Waals surface area (Å²) < 4.78 is 5.37. The highest BCUT2D eigenvalue weighted by Crippen LogP contribution is 2.29. The summed E-state index contributed by atoms with van der Waals surface area (Å²) in [5.74, 6) is 0.0491. The molecule has 0 N–H and O–H groups in total.